The highest BCUT2D eigenvalue weighted by Crippen LogP contribution is 2.37. The molecule has 4 nitrogen and oxygen atoms in total. The molecule has 2 N–H and O–H groups in total. The van der Waals surface area contributed by atoms with E-state index in [0.717, 1.165) is 19.2 Å². The highest BCUT2D eigenvalue weighted by atomic mass is 35.5. The lowest BCUT2D eigenvalue weighted by molar-refractivity contribution is -0.138. The van der Waals surface area contributed by atoms with E-state index >= 15 is 0 Å². The molecule has 1 fully saturated rings. The number of anilines is 1. The number of ether oxygens (including phenoxy) is 2. The van der Waals surface area contributed by atoms with Gasteiger partial charge in [0.1, 0.15) is 12.4 Å². The average Bonchev–Trinajstić information content (AvgIpc) is 2.40. The van der Waals surface area contributed by atoms with E-state index in [0.29, 0.717) is 19.8 Å². The first kappa shape index (κ1) is 21.1. The summed E-state index contributed by atoms with van der Waals surface area (Å²) in [4.78, 5) is 2.09. The van der Waals surface area contributed by atoms with Crippen LogP contribution in [0.2, 0.25) is 0 Å². The van der Waals surface area contributed by atoms with Gasteiger partial charge >= 0.3 is 6.18 Å². The van der Waals surface area contributed by atoms with Crippen molar-refractivity contribution in [1.29, 1.82) is 0 Å². The van der Waals surface area contributed by atoms with Crippen LogP contribution in [0.4, 0.5) is 18.9 Å². The molecular weight excluding hydrogens is 344 g/mol. The molecule has 0 amide bonds. The van der Waals surface area contributed by atoms with Crippen molar-refractivity contribution < 1.29 is 22.6 Å². The quantitative estimate of drug-likeness (QED) is 0.836. The van der Waals surface area contributed by atoms with Gasteiger partial charge in [-0.3, -0.25) is 4.90 Å². The number of hydrogen-bond acceptors (Lipinski definition) is 4. The number of halogens is 5. The van der Waals surface area contributed by atoms with Crippen LogP contribution in [0, 0.1) is 0 Å². The summed E-state index contributed by atoms with van der Waals surface area (Å²) in [5.41, 5.74) is 4.63. The van der Waals surface area contributed by atoms with Crippen molar-refractivity contribution in [1.82, 2.24) is 4.90 Å². The predicted octanol–water partition coefficient (Wildman–Crippen LogP) is 2.84. The lowest BCUT2D eigenvalue weighted by atomic mass is 10.1. The van der Waals surface area contributed by atoms with Gasteiger partial charge in [0.15, 0.2) is 0 Å². The number of morpholine rings is 1. The van der Waals surface area contributed by atoms with Gasteiger partial charge < -0.3 is 15.2 Å². The Kier molecular flexibility index (Phi) is 8.92. The summed E-state index contributed by atoms with van der Waals surface area (Å²) >= 11 is 0. The first-order chi connectivity index (χ1) is 9.47. The molecule has 22 heavy (non-hydrogen) atoms. The van der Waals surface area contributed by atoms with Crippen LogP contribution in [-0.2, 0) is 10.9 Å². The zero-order valence-corrected chi connectivity index (χ0v) is 13.4. The van der Waals surface area contributed by atoms with Crippen molar-refractivity contribution >= 4 is 30.5 Å². The van der Waals surface area contributed by atoms with Crippen molar-refractivity contribution in [2.75, 3.05) is 45.2 Å². The lowest BCUT2D eigenvalue weighted by Crippen LogP contribution is -2.38. The standard InChI is InChI=1S/C13H17F3N2O2.2ClH/c14-13(15,16)11-9-10(17)1-2-12(11)20-8-5-18-3-6-19-7-4-18;;/h1-2,9H,3-8,17H2;2*1H. The molecule has 1 heterocycles. The fourth-order valence-electron chi connectivity index (χ4n) is 2.00. The van der Waals surface area contributed by atoms with Gasteiger partial charge in [-0.2, -0.15) is 13.2 Å². The van der Waals surface area contributed by atoms with E-state index in [2.05, 4.69) is 4.90 Å². The summed E-state index contributed by atoms with van der Waals surface area (Å²) in [6.07, 6.45) is -4.47. The zero-order chi connectivity index (χ0) is 14.6. The largest absolute Gasteiger partial charge is 0.492 e. The van der Waals surface area contributed by atoms with Crippen LogP contribution in [0.5, 0.6) is 5.75 Å². The molecule has 1 aromatic rings. The molecule has 0 unspecified atom stereocenters. The van der Waals surface area contributed by atoms with Crippen LogP contribution in [0.25, 0.3) is 0 Å². The minimum atomic E-state index is -4.47. The zero-order valence-electron chi connectivity index (χ0n) is 11.8. The molecule has 0 spiro atoms. The maximum Gasteiger partial charge on any atom is 0.420 e. The predicted molar refractivity (Wildman–Crippen MR) is 83.1 cm³/mol. The number of nitrogens with two attached hydrogens (primary N) is 1. The van der Waals surface area contributed by atoms with Gasteiger partial charge in [-0.1, -0.05) is 0 Å². The summed E-state index contributed by atoms with van der Waals surface area (Å²) in [6.45, 7) is 3.62. The summed E-state index contributed by atoms with van der Waals surface area (Å²) in [5, 5.41) is 0. The van der Waals surface area contributed by atoms with E-state index in [-0.39, 0.29) is 42.9 Å². The Balaban J connectivity index is 0.00000220. The van der Waals surface area contributed by atoms with Gasteiger partial charge in [0.25, 0.3) is 0 Å². The second-order valence-corrected chi connectivity index (χ2v) is 4.56. The Morgan fingerprint density at radius 1 is 1.18 bits per heavy atom. The van der Waals surface area contributed by atoms with Crippen LogP contribution >= 0.6 is 24.8 Å². The van der Waals surface area contributed by atoms with E-state index in [1.165, 1.54) is 12.1 Å². The van der Waals surface area contributed by atoms with E-state index in [9.17, 15) is 13.2 Å². The number of benzene rings is 1. The average molecular weight is 363 g/mol. The van der Waals surface area contributed by atoms with Crippen LogP contribution in [0.3, 0.4) is 0 Å². The summed E-state index contributed by atoms with van der Waals surface area (Å²) < 4.78 is 49.0. The number of alkyl halides is 3. The van der Waals surface area contributed by atoms with Crippen LogP contribution < -0.4 is 10.5 Å². The second kappa shape index (κ2) is 9.29. The minimum Gasteiger partial charge on any atom is -0.492 e. The minimum absolute atomic E-state index is 0. The highest BCUT2D eigenvalue weighted by Gasteiger charge is 2.34. The van der Waals surface area contributed by atoms with Crippen molar-refractivity contribution in [3.8, 4) is 5.75 Å². The van der Waals surface area contributed by atoms with Crippen molar-refractivity contribution in [2.45, 2.75) is 6.18 Å². The number of hydrogen-bond donors (Lipinski definition) is 1. The van der Waals surface area contributed by atoms with Crippen molar-refractivity contribution in [3.63, 3.8) is 0 Å². The van der Waals surface area contributed by atoms with Gasteiger partial charge in [-0.05, 0) is 18.2 Å². The van der Waals surface area contributed by atoms with E-state index < -0.39 is 11.7 Å². The molecule has 0 saturated carbocycles. The van der Waals surface area contributed by atoms with Gasteiger partial charge in [0.2, 0.25) is 0 Å². The molecule has 0 radical (unpaired) electrons. The normalized spacial score (nSPS) is 15.6. The summed E-state index contributed by atoms with van der Waals surface area (Å²) in [7, 11) is 0. The molecule has 0 atom stereocenters. The van der Waals surface area contributed by atoms with E-state index in [1.807, 2.05) is 0 Å². The van der Waals surface area contributed by atoms with Gasteiger partial charge in [-0.15, -0.1) is 24.8 Å². The molecule has 9 heteroatoms. The Hall–Kier alpha value is -0.890. The Morgan fingerprint density at radius 2 is 1.82 bits per heavy atom. The van der Waals surface area contributed by atoms with Gasteiger partial charge in [-0.25, -0.2) is 0 Å². The van der Waals surface area contributed by atoms with Crippen molar-refractivity contribution in [3.05, 3.63) is 23.8 Å². The second-order valence-electron chi connectivity index (χ2n) is 4.56. The fourth-order valence-corrected chi connectivity index (χ4v) is 2.00. The Morgan fingerprint density at radius 3 is 2.41 bits per heavy atom. The lowest BCUT2D eigenvalue weighted by Gasteiger charge is -2.26. The third-order valence-electron chi connectivity index (χ3n) is 3.08. The van der Waals surface area contributed by atoms with Crippen molar-refractivity contribution in [2.24, 2.45) is 0 Å². The molecule has 1 saturated heterocycles. The fraction of sp³-hybridized carbons (Fsp3) is 0.538. The first-order valence-electron chi connectivity index (χ1n) is 6.36. The van der Waals surface area contributed by atoms with Crippen LogP contribution in [0.15, 0.2) is 18.2 Å². The van der Waals surface area contributed by atoms with E-state index in [1.54, 1.807) is 0 Å². The monoisotopic (exact) mass is 362 g/mol. The molecule has 0 bridgehead atoms. The molecule has 2 rings (SSSR count). The number of nitrogen functional groups attached to an aromatic ring is 1. The molecule has 128 valence electrons. The molecule has 0 aromatic heterocycles. The third kappa shape index (κ3) is 6.08. The SMILES string of the molecule is Cl.Cl.Nc1ccc(OCCN2CCOCC2)c(C(F)(F)F)c1. The van der Waals surface area contributed by atoms with Crippen LogP contribution in [-0.4, -0.2) is 44.4 Å². The smallest absolute Gasteiger partial charge is 0.420 e. The molecule has 1 aliphatic rings. The Labute approximate surface area is 139 Å². The molecule has 1 aromatic carbocycles. The molecule has 1 aliphatic heterocycles. The molecular formula is C13H19Cl2F3N2O2. The maximum absolute atomic E-state index is 12.8. The Bertz CT molecular complexity index is 455. The van der Waals surface area contributed by atoms with Gasteiger partial charge in [0, 0.05) is 25.3 Å². The number of rotatable bonds is 4. The summed E-state index contributed by atoms with van der Waals surface area (Å²) in [6, 6.07) is 3.56. The summed E-state index contributed by atoms with van der Waals surface area (Å²) in [5.74, 6) is -0.181. The maximum atomic E-state index is 12.8. The molecule has 0 aliphatic carbocycles. The third-order valence-corrected chi connectivity index (χ3v) is 3.08. The highest BCUT2D eigenvalue weighted by molar-refractivity contribution is 5.85. The van der Waals surface area contributed by atoms with E-state index in [4.69, 9.17) is 15.2 Å². The van der Waals surface area contributed by atoms with Gasteiger partial charge in [0.05, 0.1) is 18.8 Å². The topological polar surface area (TPSA) is 47.7 Å². The first-order valence-corrected chi connectivity index (χ1v) is 6.36. The number of nitrogens with zero attached hydrogens (tertiary/aromatic N) is 1. The van der Waals surface area contributed by atoms with Crippen LogP contribution in [0.1, 0.15) is 5.56 Å².